The minimum absolute atomic E-state index is 0.0172. The third-order valence-corrected chi connectivity index (χ3v) is 6.51. The number of fused-ring (bicyclic) bond motifs is 1. The number of hydrogen-bond donors (Lipinski definition) is 3. The highest BCUT2D eigenvalue weighted by Gasteiger charge is 2.32. The molecule has 4 N–H and O–H groups in total. The Morgan fingerprint density at radius 3 is 2.62 bits per heavy atom. The molecule has 1 aliphatic rings. The molecule has 0 amide bonds. The number of carbonyl (C=O) groups excluding carboxylic acids is 2. The van der Waals surface area contributed by atoms with Crippen LogP contribution in [0, 0.1) is 0 Å². The quantitative estimate of drug-likeness (QED) is 0.251. The van der Waals surface area contributed by atoms with Crippen molar-refractivity contribution in [2.75, 3.05) is 18.6 Å². The molecule has 0 aromatic carbocycles. The van der Waals surface area contributed by atoms with Crippen LogP contribution in [0.25, 0.3) is 11.2 Å². The van der Waals surface area contributed by atoms with Gasteiger partial charge in [0.25, 0.3) is 0 Å². The van der Waals surface area contributed by atoms with E-state index in [1.54, 1.807) is 27.7 Å². The number of nitrogens with two attached hydrogens (primary N) is 1. The molecular formula is C22H33FN7O6P. The van der Waals surface area contributed by atoms with Crippen LogP contribution >= 0.6 is 8.22 Å². The molecule has 4 atom stereocenters. The largest absolute Gasteiger partial charge is 0.462 e. The molecule has 1 aliphatic heterocycles. The van der Waals surface area contributed by atoms with Gasteiger partial charge in [0.15, 0.2) is 29.8 Å². The van der Waals surface area contributed by atoms with E-state index in [4.69, 9.17) is 24.7 Å². The lowest BCUT2D eigenvalue weighted by atomic mass is 10.2. The van der Waals surface area contributed by atoms with Gasteiger partial charge in [-0.15, -0.1) is 0 Å². The Bertz CT molecular complexity index is 1110. The number of rotatable bonds is 13. The van der Waals surface area contributed by atoms with Crippen LogP contribution in [0.5, 0.6) is 0 Å². The first kappa shape index (κ1) is 28.8. The van der Waals surface area contributed by atoms with E-state index in [0.29, 0.717) is 17.6 Å². The molecular weight excluding hydrogens is 508 g/mol. The second kappa shape index (κ2) is 13.2. The van der Waals surface area contributed by atoms with E-state index in [2.05, 4.69) is 25.1 Å². The molecule has 204 valence electrons. The highest BCUT2D eigenvalue weighted by Crippen LogP contribution is 2.35. The Balaban J connectivity index is 1.65. The van der Waals surface area contributed by atoms with E-state index in [0.717, 1.165) is 0 Å². The van der Waals surface area contributed by atoms with Crippen LogP contribution in [0.4, 0.5) is 10.2 Å². The Hall–Kier alpha value is -2.77. The van der Waals surface area contributed by atoms with Gasteiger partial charge in [0.2, 0.25) is 0 Å². The van der Waals surface area contributed by atoms with Crippen LogP contribution in [0.1, 0.15) is 47.3 Å². The molecule has 2 aromatic heterocycles. The summed E-state index contributed by atoms with van der Waals surface area (Å²) in [5.74, 6) is -1.32. The lowest BCUT2D eigenvalue weighted by Crippen LogP contribution is -2.40. The second-order valence-electron chi connectivity index (χ2n) is 8.66. The summed E-state index contributed by atoms with van der Waals surface area (Å²) in [6, 6.07) is -0.641. The highest BCUT2D eigenvalue weighted by molar-refractivity contribution is 7.53. The Morgan fingerprint density at radius 2 is 1.95 bits per heavy atom. The van der Waals surface area contributed by atoms with Crippen molar-refractivity contribution < 1.29 is 32.9 Å². The van der Waals surface area contributed by atoms with Gasteiger partial charge < -0.3 is 24.7 Å². The third-order valence-electron chi connectivity index (χ3n) is 4.94. The summed E-state index contributed by atoms with van der Waals surface area (Å²) >= 11 is 0. The molecule has 3 heterocycles. The highest BCUT2D eigenvalue weighted by atomic mass is 31.1. The van der Waals surface area contributed by atoms with Crippen molar-refractivity contribution in [3.8, 4) is 0 Å². The third kappa shape index (κ3) is 7.86. The van der Waals surface area contributed by atoms with E-state index < -0.39 is 44.5 Å². The van der Waals surface area contributed by atoms with Crippen LogP contribution in [-0.2, 0) is 28.5 Å². The number of nitrogens with one attached hydrogen (secondary N) is 2. The molecule has 0 saturated carbocycles. The number of carbonyl (C=O) groups is 2. The number of ether oxygens (including phenoxy) is 4. The zero-order valence-electron chi connectivity index (χ0n) is 21.4. The summed E-state index contributed by atoms with van der Waals surface area (Å²) in [6.07, 6.45) is 1.48. The normalized spacial score (nSPS) is 19.3. The number of nitrogens with zero attached hydrogens (tertiary/aromatic N) is 4. The predicted octanol–water partition coefficient (Wildman–Crippen LogP) is 2.26. The summed E-state index contributed by atoms with van der Waals surface area (Å²) in [5, 5.41) is 6.18. The first-order valence-electron chi connectivity index (χ1n) is 11.8. The summed E-state index contributed by atoms with van der Waals surface area (Å²) in [6.45, 7) is 8.72. The van der Waals surface area contributed by atoms with Gasteiger partial charge in [-0.05, 0) is 34.1 Å². The van der Waals surface area contributed by atoms with Crippen molar-refractivity contribution >= 4 is 37.1 Å². The van der Waals surface area contributed by atoms with Gasteiger partial charge in [-0.3, -0.25) is 24.3 Å². The molecule has 0 radical (unpaired) electrons. The number of anilines is 1. The maximum Gasteiger partial charge on any atom is 0.323 e. The Kier molecular flexibility index (Phi) is 10.2. The zero-order chi connectivity index (χ0) is 27.1. The molecule has 15 heteroatoms. The van der Waals surface area contributed by atoms with Crippen molar-refractivity contribution in [3.63, 3.8) is 0 Å². The molecule has 13 nitrogen and oxygen atoms in total. The predicted molar refractivity (Wildman–Crippen MR) is 133 cm³/mol. The van der Waals surface area contributed by atoms with E-state index in [1.807, 2.05) is 6.92 Å². The van der Waals surface area contributed by atoms with Crippen LogP contribution in [0.3, 0.4) is 0 Å². The molecule has 37 heavy (non-hydrogen) atoms. The smallest absolute Gasteiger partial charge is 0.323 e. The van der Waals surface area contributed by atoms with Gasteiger partial charge in [0.05, 0.1) is 39.7 Å². The summed E-state index contributed by atoms with van der Waals surface area (Å²) in [7, 11) is -1.45. The number of aromatic nitrogens is 4. The molecule has 2 aromatic rings. The maximum atomic E-state index is 14.8. The van der Waals surface area contributed by atoms with Crippen molar-refractivity contribution in [2.24, 2.45) is 0 Å². The standard InChI is InChI=1S/C22H33FN7O6P/c1-6-15(22(32)35-13(4)5)29-37(28-8-16(31)34-12(2)3)11-33-17-7-14(23)21(36-17)30-10-27-18-19(24)25-9-26-20(18)30/h7,9-10,12-13,15,17,21,28-29H,6,8,11H2,1-5H3,(H2,24,25,26). The molecule has 0 aliphatic carbocycles. The average Bonchev–Trinajstić information content (AvgIpc) is 3.41. The van der Waals surface area contributed by atoms with Crippen molar-refractivity contribution in [3.05, 3.63) is 24.6 Å². The average molecular weight is 542 g/mol. The molecule has 0 spiro atoms. The number of imidazole rings is 1. The number of nitrogen functional groups attached to an aromatic ring is 1. The van der Waals surface area contributed by atoms with Gasteiger partial charge >= 0.3 is 11.9 Å². The lowest BCUT2D eigenvalue weighted by molar-refractivity contribution is -0.149. The van der Waals surface area contributed by atoms with E-state index >= 15 is 0 Å². The zero-order valence-corrected chi connectivity index (χ0v) is 22.3. The molecule has 0 saturated heterocycles. The molecule has 3 rings (SSSR count). The van der Waals surface area contributed by atoms with E-state index in [-0.39, 0.29) is 30.9 Å². The lowest BCUT2D eigenvalue weighted by Gasteiger charge is -2.26. The topological polar surface area (TPSA) is 165 Å². The van der Waals surface area contributed by atoms with Gasteiger partial charge in [0, 0.05) is 6.08 Å². The molecule has 4 unspecified atom stereocenters. The molecule has 0 fully saturated rings. The fraction of sp³-hybridized carbons (Fsp3) is 0.591. The fourth-order valence-electron chi connectivity index (χ4n) is 3.33. The minimum atomic E-state index is -1.45. The van der Waals surface area contributed by atoms with Crippen LogP contribution in [0.2, 0.25) is 0 Å². The van der Waals surface area contributed by atoms with E-state index in [9.17, 15) is 14.0 Å². The van der Waals surface area contributed by atoms with Crippen LogP contribution in [-0.4, -0.2) is 68.9 Å². The maximum absolute atomic E-state index is 14.8. The number of esters is 2. The first-order chi connectivity index (χ1) is 17.6. The van der Waals surface area contributed by atoms with Gasteiger partial charge in [-0.1, -0.05) is 6.92 Å². The number of halogens is 1. The monoisotopic (exact) mass is 541 g/mol. The second-order valence-corrected chi connectivity index (χ2v) is 10.4. The fourth-order valence-corrected chi connectivity index (χ4v) is 4.86. The summed E-state index contributed by atoms with van der Waals surface area (Å²) in [4.78, 5) is 36.6. The number of hydrogen-bond acceptors (Lipinski definition) is 12. The van der Waals surface area contributed by atoms with Crippen molar-refractivity contribution in [1.82, 2.24) is 29.7 Å². The SMILES string of the molecule is CCC(NP(COC1C=C(F)C(n2cnc3c(N)ncnc32)O1)NCC(=O)OC(C)C)C(=O)OC(C)C. The van der Waals surface area contributed by atoms with Crippen molar-refractivity contribution in [1.29, 1.82) is 0 Å². The minimum Gasteiger partial charge on any atom is -0.462 e. The van der Waals surface area contributed by atoms with Gasteiger partial charge in [-0.25, -0.2) is 19.3 Å². The van der Waals surface area contributed by atoms with E-state index in [1.165, 1.54) is 23.3 Å². The Labute approximate surface area is 215 Å². The van der Waals surface area contributed by atoms with Crippen LogP contribution in [0.15, 0.2) is 24.6 Å². The summed E-state index contributed by atoms with van der Waals surface area (Å²) in [5.41, 5.74) is 6.44. The van der Waals surface area contributed by atoms with Gasteiger partial charge in [-0.2, -0.15) is 0 Å². The first-order valence-corrected chi connectivity index (χ1v) is 13.4. The van der Waals surface area contributed by atoms with Gasteiger partial charge in [0.1, 0.15) is 17.9 Å². The summed E-state index contributed by atoms with van der Waals surface area (Å²) < 4.78 is 38.2. The molecule has 0 bridgehead atoms. The van der Waals surface area contributed by atoms with Crippen LogP contribution < -0.4 is 15.9 Å². The van der Waals surface area contributed by atoms with Crippen molar-refractivity contribution in [2.45, 2.75) is 71.8 Å². The Morgan fingerprint density at radius 1 is 1.22 bits per heavy atom.